The van der Waals surface area contributed by atoms with E-state index in [1.165, 1.54) is 18.4 Å². The molecule has 8 nitrogen and oxygen atoms in total. The van der Waals surface area contributed by atoms with Crippen molar-refractivity contribution in [3.8, 4) is 0 Å². The summed E-state index contributed by atoms with van der Waals surface area (Å²) in [5, 5.41) is 13.6. The highest BCUT2D eigenvalue weighted by Crippen LogP contribution is 2.55. The fraction of sp³-hybridized carbons (Fsp3) is 0.476. The van der Waals surface area contributed by atoms with Crippen molar-refractivity contribution in [2.75, 3.05) is 13.2 Å². The number of carboxylic acids is 1. The maximum absolute atomic E-state index is 10.9. The number of H-pyrrole nitrogens is 2. The van der Waals surface area contributed by atoms with Gasteiger partial charge < -0.3 is 14.8 Å². The van der Waals surface area contributed by atoms with Crippen molar-refractivity contribution in [3.05, 3.63) is 51.9 Å². The van der Waals surface area contributed by atoms with Gasteiger partial charge in [0.05, 0.1) is 13.2 Å². The Morgan fingerprint density at radius 3 is 2.55 bits per heavy atom. The van der Waals surface area contributed by atoms with Crippen LogP contribution in [-0.4, -0.2) is 39.4 Å². The first-order valence-corrected chi connectivity index (χ1v) is 9.92. The lowest BCUT2D eigenvalue weighted by Crippen LogP contribution is -2.51. The molecule has 0 amide bonds. The number of aromatic carboxylic acids is 1. The van der Waals surface area contributed by atoms with E-state index >= 15 is 0 Å². The molecule has 3 N–H and O–H groups in total. The van der Waals surface area contributed by atoms with Gasteiger partial charge in [-0.15, -0.1) is 0 Å². The molecule has 3 heterocycles. The fourth-order valence-corrected chi connectivity index (χ4v) is 4.47. The first-order valence-electron chi connectivity index (χ1n) is 9.92. The van der Waals surface area contributed by atoms with Gasteiger partial charge in [0.1, 0.15) is 5.69 Å². The largest absolute Gasteiger partial charge is 0.477 e. The van der Waals surface area contributed by atoms with E-state index in [2.05, 4.69) is 38.7 Å². The number of carbonyl (C=O) groups is 1. The van der Waals surface area contributed by atoms with Gasteiger partial charge in [0, 0.05) is 22.2 Å². The van der Waals surface area contributed by atoms with Crippen LogP contribution in [0.5, 0.6) is 0 Å². The van der Waals surface area contributed by atoms with Gasteiger partial charge >= 0.3 is 11.7 Å². The fourth-order valence-electron chi connectivity index (χ4n) is 4.47. The summed E-state index contributed by atoms with van der Waals surface area (Å²) in [5.74, 6) is 1.04. The second kappa shape index (κ2) is 6.59. The monoisotopic (exact) mass is 397 g/mol. The number of ether oxygens (including phenoxy) is 1. The van der Waals surface area contributed by atoms with Gasteiger partial charge in [0.25, 0.3) is 0 Å². The van der Waals surface area contributed by atoms with Crippen molar-refractivity contribution in [1.82, 2.24) is 15.1 Å². The summed E-state index contributed by atoms with van der Waals surface area (Å²) in [6.45, 7) is 3.95. The van der Waals surface area contributed by atoms with E-state index < -0.39 is 11.7 Å². The topological polar surface area (TPSA) is 121 Å². The third-order valence-corrected chi connectivity index (χ3v) is 6.44. The van der Waals surface area contributed by atoms with Crippen LogP contribution in [-0.2, 0) is 4.74 Å². The molecule has 2 unspecified atom stereocenters. The molecule has 3 aromatic rings. The highest BCUT2D eigenvalue weighted by Gasteiger charge is 2.50. The first kappa shape index (κ1) is 18.2. The second-order valence-electron chi connectivity index (χ2n) is 8.73. The zero-order valence-corrected chi connectivity index (χ0v) is 16.1. The summed E-state index contributed by atoms with van der Waals surface area (Å²) in [6.07, 6.45) is 3.52. The molecule has 1 aliphatic heterocycles. The van der Waals surface area contributed by atoms with Crippen LogP contribution in [0.25, 0.3) is 10.9 Å². The molecule has 2 saturated carbocycles. The molecule has 1 saturated heterocycles. The molecular formula is C21H23N3O5. The van der Waals surface area contributed by atoms with Crippen LogP contribution in [0.4, 0.5) is 0 Å². The molecular weight excluding hydrogens is 374 g/mol. The molecule has 1 aromatic carbocycles. The third kappa shape index (κ3) is 3.37. The molecule has 6 rings (SSSR count). The highest BCUT2D eigenvalue weighted by atomic mass is 16.5. The van der Waals surface area contributed by atoms with E-state index in [0.717, 1.165) is 30.5 Å². The van der Waals surface area contributed by atoms with Gasteiger partial charge in [0.15, 0.2) is 5.82 Å². The number of nitrogens with one attached hydrogen (secondary N) is 2. The van der Waals surface area contributed by atoms with E-state index in [9.17, 15) is 9.59 Å². The summed E-state index contributed by atoms with van der Waals surface area (Å²) >= 11 is 0. The maximum Gasteiger partial charge on any atom is 0.438 e. The SMILES string of the molecule is CC1CC1c1noc(=O)[nH]1.O=C(O)c1cc2cc(C3CC4(COC4)C3)ccc2[nH]1. The summed E-state index contributed by atoms with van der Waals surface area (Å²) < 4.78 is 9.65. The average molecular weight is 397 g/mol. The van der Waals surface area contributed by atoms with E-state index in [-0.39, 0.29) is 5.69 Å². The number of aromatic amines is 2. The summed E-state index contributed by atoms with van der Waals surface area (Å²) in [7, 11) is 0. The molecule has 2 atom stereocenters. The Balaban J connectivity index is 0.000000153. The summed E-state index contributed by atoms with van der Waals surface area (Å²) in [6, 6.07) is 7.93. The normalized spacial score (nSPS) is 24.4. The number of fused-ring (bicyclic) bond motifs is 1. The number of benzene rings is 1. The molecule has 152 valence electrons. The average Bonchev–Trinajstić information content (AvgIpc) is 3.02. The van der Waals surface area contributed by atoms with Crippen molar-refractivity contribution >= 4 is 16.9 Å². The smallest absolute Gasteiger partial charge is 0.438 e. The highest BCUT2D eigenvalue weighted by molar-refractivity contribution is 5.93. The molecule has 8 heteroatoms. The molecule has 3 fully saturated rings. The van der Waals surface area contributed by atoms with Crippen LogP contribution in [0, 0.1) is 11.3 Å². The van der Waals surface area contributed by atoms with Crippen molar-refractivity contribution in [2.45, 2.75) is 38.0 Å². The molecule has 1 spiro atoms. The summed E-state index contributed by atoms with van der Waals surface area (Å²) in [5.41, 5.74) is 2.93. The quantitative estimate of drug-likeness (QED) is 0.624. The minimum absolute atomic E-state index is 0.254. The van der Waals surface area contributed by atoms with Gasteiger partial charge in [-0.05, 0) is 54.9 Å². The third-order valence-electron chi connectivity index (χ3n) is 6.44. The van der Waals surface area contributed by atoms with Gasteiger partial charge in [-0.1, -0.05) is 18.1 Å². The number of nitrogens with zero attached hydrogens (tertiary/aromatic N) is 1. The Morgan fingerprint density at radius 2 is 2.00 bits per heavy atom. The van der Waals surface area contributed by atoms with Gasteiger partial charge in [-0.3, -0.25) is 9.51 Å². The zero-order valence-electron chi connectivity index (χ0n) is 16.1. The van der Waals surface area contributed by atoms with Gasteiger partial charge in [-0.2, -0.15) is 0 Å². The number of carboxylic acid groups (broad SMARTS) is 1. The van der Waals surface area contributed by atoms with Crippen molar-refractivity contribution in [1.29, 1.82) is 0 Å². The lowest BCUT2D eigenvalue weighted by Gasteiger charge is -2.53. The van der Waals surface area contributed by atoms with Crippen LogP contribution in [0.2, 0.25) is 0 Å². The predicted octanol–water partition coefficient (Wildman–Crippen LogP) is 3.25. The molecule has 29 heavy (non-hydrogen) atoms. The standard InChI is InChI=1S/C15H15NO3.C6H8N2O2/c17-14(18)13-4-10-3-9(1-2-12(10)16-13)11-5-15(6-11)7-19-8-15;1-3-2-4(3)5-7-6(9)10-8-5/h1-4,11,16H,5-8H2,(H,17,18);3-4H,2H2,1H3,(H,7,8,9). The molecule has 0 bridgehead atoms. The number of aromatic nitrogens is 3. The van der Waals surface area contributed by atoms with Crippen LogP contribution in [0.1, 0.15) is 59.9 Å². The Kier molecular flexibility index (Phi) is 4.13. The van der Waals surface area contributed by atoms with E-state index in [1.54, 1.807) is 6.07 Å². The van der Waals surface area contributed by atoms with E-state index in [4.69, 9.17) is 9.84 Å². The van der Waals surface area contributed by atoms with Crippen LogP contribution < -0.4 is 5.76 Å². The van der Waals surface area contributed by atoms with Crippen LogP contribution >= 0.6 is 0 Å². The van der Waals surface area contributed by atoms with Crippen LogP contribution in [0.15, 0.2) is 33.6 Å². The summed E-state index contributed by atoms with van der Waals surface area (Å²) in [4.78, 5) is 26.8. The Bertz CT molecular complexity index is 1110. The molecule has 0 radical (unpaired) electrons. The predicted molar refractivity (Wildman–Crippen MR) is 104 cm³/mol. The van der Waals surface area contributed by atoms with Gasteiger partial charge in [-0.25, -0.2) is 9.59 Å². The van der Waals surface area contributed by atoms with Crippen LogP contribution in [0.3, 0.4) is 0 Å². The minimum atomic E-state index is -0.910. The first-order chi connectivity index (χ1) is 13.9. The maximum atomic E-state index is 10.9. The van der Waals surface area contributed by atoms with E-state index in [0.29, 0.717) is 29.0 Å². The Labute approximate surface area is 166 Å². The molecule has 3 aliphatic rings. The minimum Gasteiger partial charge on any atom is -0.477 e. The second-order valence-corrected chi connectivity index (χ2v) is 8.73. The molecule has 2 aromatic heterocycles. The van der Waals surface area contributed by atoms with E-state index in [1.807, 2.05) is 6.07 Å². The molecule has 2 aliphatic carbocycles. The Hall–Kier alpha value is -2.87. The van der Waals surface area contributed by atoms with Crippen molar-refractivity contribution in [2.24, 2.45) is 11.3 Å². The lowest BCUT2D eigenvalue weighted by molar-refractivity contribution is -0.164. The zero-order chi connectivity index (χ0) is 20.2. The lowest BCUT2D eigenvalue weighted by atomic mass is 9.59. The number of rotatable bonds is 3. The van der Waals surface area contributed by atoms with Crippen molar-refractivity contribution in [3.63, 3.8) is 0 Å². The number of hydrogen-bond acceptors (Lipinski definition) is 5. The Morgan fingerprint density at radius 1 is 1.24 bits per heavy atom. The van der Waals surface area contributed by atoms with Crippen molar-refractivity contribution < 1.29 is 19.2 Å². The van der Waals surface area contributed by atoms with Gasteiger partial charge in [0.2, 0.25) is 0 Å². The number of hydrogen-bond donors (Lipinski definition) is 3.